The van der Waals surface area contributed by atoms with Gasteiger partial charge in [0.1, 0.15) is 0 Å². The predicted octanol–water partition coefficient (Wildman–Crippen LogP) is 0.692. The first kappa shape index (κ1) is 10.4. The smallest absolute Gasteiger partial charge is 0.0624 e. The van der Waals surface area contributed by atoms with E-state index in [1.54, 1.807) is 0 Å². The van der Waals surface area contributed by atoms with Gasteiger partial charge < -0.3 is 15.4 Å². The summed E-state index contributed by atoms with van der Waals surface area (Å²) in [7, 11) is 2.23. The first-order valence-corrected chi connectivity index (χ1v) is 5.81. The summed E-state index contributed by atoms with van der Waals surface area (Å²) < 4.78 is 5.58. The Morgan fingerprint density at radius 1 is 1.43 bits per heavy atom. The Hall–Kier alpha value is -0.120. The maximum absolute atomic E-state index is 5.87. The Morgan fingerprint density at radius 3 is 3.07 bits per heavy atom. The number of likely N-dealkylation sites (tertiary alicyclic amines) is 1. The van der Waals surface area contributed by atoms with E-state index in [2.05, 4.69) is 11.9 Å². The Kier molecular flexibility index (Phi) is 3.42. The minimum absolute atomic E-state index is 0.625. The normalized spacial score (nSPS) is 40.3. The summed E-state index contributed by atoms with van der Waals surface area (Å²) in [5.41, 5.74) is 5.87. The highest BCUT2D eigenvalue weighted by Gasteiger charge is 2.35. The van der Waals surface area contributed by atoms with E-state index >= 15 is 0 Å². The molecule has 3 unspecified atom stereocenters. The van der Waals surface area contributed by atoms with Gasteiger partial charge in [-0.1, -0.05) is 0 Å². The van der Waals surface area contributed by atoms with Crippen LogP contribution in [-0.2, 0) is 4.74 Å². The van der Waals surface area contributed by atoms with Crippen molar-refractivity contribution in [2.45, 2.75) is 25.3 Å². The first-order chi connectivity index (χ1) is 6.83. The van der Waals surface area contributed by atoms with Crippen LogP contribution in [0.2, 0.25) is 0 Å². The van der Waals surface area contributed by atoms with Gasteiger partial charge in [-0.25, -0.2) is 0 Å². The zero-order valence-electron chi connectivity index (χ0n) is 9.11. The van der Waals surface area contributed by atoms with Crippen LogP contribution in [0.15, 0.2) is 0 Å². The van der Waals surface area contributed by atoms with Gasteiger partial charge in [-0.2, -0.15) is 0 Å². The molecule has 3 atom stereocenters. The number of ether oxygens (including phenoxy) is 1. The second-order valence-electron chi connectivity index (χ2n) is 4.71. The highest BCUT2D eigenvalue weighted by molar-refractivity contribution is 4.88. The van der Waals surface area contributed by atoms with E-state index in [4.69, 9.17) is 10.5 Å². The summed E-state index contributed by atoms with van der Waals surface area (Å²) >= 11 is 0. The molecular weight excluding hydrogens is 176 g/mol. The van der Waals surface area contributed by atoms with Crippen LogP contribution in [0.1, 0.15) is 19.3 Å². The molecule has 0 radical (unpaired) electrons. The minimum Gasteiger partial charge on any atom is -0.380 e. The molecule has 2 N–H and O–H groups in total. The number of hydrogen-bond acceptors (Lipinski definition) is 3. The van der Waals surface area contributed by atoms with Crippen LogP contribution in [-0.4, -0.2) is 44.3 Å². The van der Waals surface area contributed by atoms with E-state index in [9.17, 15) is 0 Å². The average Bonchev–Trinajstić information content (AvgIpc) is 2.39. The topological polar surface area (TPSA) is 38.5 Å². The highest BCUT2D eigenvalue weighted by Crippen LogP contribution is 2.32. The van der Waals surface area contributed by atoms with Gasteiger partial charge in [-0.05, 0) is 51.2 Å². The minimum atomic E-state index is 0.625. The summed E-state index contributed by atoms with van der Waals surface area (Å²) in [6.07, 6.45) is 3.81. The van der Waals surface area contributed by atoms with Crippen LogP contribution in [0, 0.1) is 11.8 Å². The van der Waals surface area contributed by atoms with Gasteiger partial charge in [-0.3, -0.25) is 0 Å². The maximum Gasteiger partial charge on any atom is 0.0624 e. The van der Waals surface area contributed by atoms with Crippen molar-refractivity contribution in [3.05, 3.63) is 0 Å². The number of fused-ring (bicyclic) bond motifs is 1. The summed E-state index contributed by atoms with van der Waals surface area (Å²) in [5.74, 6) is 1.51. The third-order valence-corrected chi connectivity index (χ3v) is 3.94. The molecule has 0 aromatic rings. The molecule has 2 rings (SSSR count). The van der Waals surface area contributed by atoms with Crippen LogP contribution in [0.3, 0.4) is 0 Å². The van der Waals surface area contributed by atoms with Crippen molar-refractivity contribution < 1.29 is 4.74 Å². The number of hydrogen-bond donors (Lipinski definition) is 1. The zero-order valence-corrected chi connectivity index (χ0v) is 9.11. The highest BCUT2D eigenvalue weighted by atomic mass is 16.5. The number of nitrogens with zero attached hydrogens (tertiary/aromatic N) is 1. The van der Waals surface area contributed by atoms with Gasteiger partial charge >= 0.3 is 0 Å². The van der Waals surface area contributed by atoms with Gasteiger partial charge in [-0.15, -0.1) is 0 Å². The fraction of sp³-hybridized carbons (Fsp3) is 1.00. The van der Waals surface area contributed by atoms with Crippen molar-refractivity contribution in [2.24, 2.45) is 17.6 Å². The molecule has 3 nitrogen and oxygen atoms in total. The number of likely N-dealkylation sites (N-methyl/N-ethyl adjacent to an activating group) is 1. The average molecular weight is 198 g/mol. The van der Waals surface area contributed by atoms with E-state index in [0.717, 1.165) is 31.6 Å². The molecule has 0 amide bonds. The predicted molar refractivity (Wildman–Crippen MR) is 57.1 cm³/mol. The van der Waals surface area contributed by atoms with E-state index in [0.29, 0.717) is 6.04 Å². The molecule has 2 heterocycles. The lowest BCUT2D eigenvalue weighted by Gasteiger charge is -2.38. The second kappa shape index (κ2) is 4.60. The molecule has 14 heavy (non-hydrogen) atoms. The molecule has 0 aromatic carbocycles. The SMILES string of the molecule is CN1CCCC(CN)C2CCOCC21. The molecule has 82 valence electrons. The van der Waals surface area contributed by atoms with E-state index in [-0.39, 0.29) is 0 Å². The van der Waals surface area contributed by atoms with Crippen molar-refractivity contribution in [2.75, 3.05) is 33.4 Å². The molecule has 0 aliphatic carbocycles. The lowest BCUT2D eigenvalue weighted by molar-refractivity contribution is -0.0171. The van der Waals surface area contributed by atoms with Crippen molar-refractivity contribution >= 4 is 0 Å². The van der Waals surface area contributed by atoms with E-state index < -0.39 is 0 Å². The Morgan fingerprint density at radius 2 is 2.29 bits per heavy atom. The Bertz CT molecular complexity index is 186. The molecule has 2 fully saturated rings. The summed E-state index contributed by atoms with van der Waals surface area (Å²) in [5, 5.41) is 0. The number of rotatable bonds is 1. The Labute approximate surface area is 86.6 Å². The van der Waals surface area contributed by atoms with Gasteiger partial charge in [0.05, 0.1) is 6.61 Å². The molecule has 2 aliphatic rings. The molecular formula is C11H22N2O. The van der Waals surface area contributed by atoms with Crippen LogP contribution in [0.5, 0.6) is 0 Å². The lowest BCUT2D eigenvalue weighted by Crippen LogP contribution is -2.47. The van der Waals surface area contributed by atoms with Crippen LogP contribution in [0.25, 0.3) is 0 Å². The quantitative estimate of drug-likeness (QED) is 0.674. The third kappa shape index (κ3) is 1.95. The van der Waals surface area contributed by atoms with Crippen molar-refractivity contribution in [3.8, 4) is 0 Å². The maximum atomic E-state index is 5.87. The van der Waals surface area contributed by atoms with Crippen molar-refractivity contribution in [3.63, 3.8) is 0 Å². The van der Waals surface area contributed by atoms with E-state index in [1.165, 1.54) is 25.8 Å². The summed E-state index contributed by atoms with van der Waals surface area (Å²) in [6.45, 7) is 3.92. The van der Waals surface area contributed by atoms with Gasteiger partial charge in [0, 0.05) is 12.6 Å². The zero-order chi connectivity index (χ0) is 9.97. The monoisotopic (exact) mass is 198 g/mol. The Balaban J connectivity index is 2.09. The van der Waals surface area contributed by atoms with Crippen LogP contribution < -0.4 is 5.73 Å². The molecule has 0 spiro atoms. The first-order valence-electron chi connectivity index (χ1n) is 5.81. The third-order valence-electron chi connectivity index (χ3n) is 3.94. The lowest BCUT2D eigenvalue weighted by atomic mass is 9.81. The van der Waals surface area contributed by atoms with Crippen molar-refractivity contribution in [1.82, 2.24) is 4.90 Å². The van der Waals surface area contributed by atoms with Gasteiger partial charge in [0.15, 0.2) is 0 Å². The molecule has 0 saturated carbocycles. The fourth-order valence-electron chi connectivity index (χ4n) is 3.02. The van der Waals surface area contributed by atoms with E-state index in [1.807, 2.05) is 0 Å². The standard InChI is InChI=1S/C11H22N2O/c1-13-5-2-3-9(7-12)10-4-6-14-8-11(10)13/h9-11H,2-8,12H2,1H3. The van der Waals surface area contributed by atoms with Gasteiger partial charge in [0.2, 0.25) is 0 Å². The molecule has 0 bridgehead atoms. The fourth-order valence-corrected chi connectivity index (χ4v) is 3.02. The van der Waals surface area contributed by atoms with Crippen molar-refractivity contribution in [1.29, 1.82) is 0 Å². The van der Waals surface area contributed by atoms with Gasteiger partial charge in [0.25, 0.3) is 0 Å². The number of nitrogens with two attached hydrogens (primary N) is 1. The largest absolute Gasteiger partial charge is 0.380 e. The molecule has 3 heteroatoms. The molecule has 2 aliphatic heterocycles. The van der Waals surface area contributed by atoms with Crippen LogP contribution >= 0.6 is 0 Å². The summed E-state index contributed by atoms with van der Waals surface area (Å²) in [6, 6.07) is 0.625. The molecule has 0 aromatic heterocycles. The van der Waals surface area contributed by atoms with Crippen LogP contribution in [0.4, 0.5) is 0 Å². The molecule has 2 saturated heterocycles. The summed E-state index contributed by atoms with van der Waals surface area (Å²) in [4.78, 5) is 2.47. The second-order valence-corrected chi connectivity index (χ2v) is 4.71.